The zero-order valence-electron chi connectivity index (χ0n) is 14.2. The average Bonchev–Trinajstić information content (AvgIpc) is 2.93. The van der Waals surface area contributed by atoms with E-state index in [1.807, 2.05) is 0 Å². The lowest BCUT2D eigenvalue weighted by Gasteiger charge is -2.28. The Kier molecular flexibility index (Phi) is 4.91. The number of carbonyl (C=O) groups is 3. The van der Waals surface area contributed by atoms with Crippen LogP contribution in [0.3, 0.4) is 0 Å². The zero-order valence-corrected chi connectivity index (χ0v) is 14.2. The molecule has 2 rings (SSSR count). The van der Waals surface area contributed by atoms with Crippen LogP contribution in [-0.2, 0) is 35.0 Å². The fraction of sp³-hybridized carbons (Fsp3) is 0.429. The van der Waals surface area contributed by atoms with E-state index in [1.165, 1.54) is 25.0 Å². The van der Waals surface area contributed by atoms with Gasteiger partial charge in [-0.1, -0.05) is 0 Å². The number of rotatable bonds is 7. The van der Waals surface area contributed by atoms with Crippen molar-refractivity contribution in [3.8, 4) is 0 Å². The third kappa shape index (κ3) is 3.19. The predicted octanol–water partition coefficient (Wildman–Crippen LogP) is -2.58. The number of aryl methyl sites for hydroxylation is 2. The van der Waals surface area contributed by atoms with Gasteiger partial charge in [-0.2, -0.15) is 0 Å². The van der Waals surface area contributed by atoms with Gasteiger partial charge in [-0.3, -0.25) is 23.5 Å². The molecule has 2 aromatic heterocycles. The molecule has 0 spiro atoms. The highest BCUT2D eigenvalue weighted by molar-refractivity contribution is 5.89. The summed E-state index contributed by atoms with van der Waals surface area (Å²) in [6, 6.07) is 0. The Bertz CT molecular complexity index is 1060. The van der Waals surface area contributed by atoms with E-state index in [2.05, 4.69) is 4.98 Å². The van der Waals surface area contributed by atoms with Crippen LogP contribution in [0.1, 0.15) is 6.42 Å². The molecule has 0 bridgehead atoms. The second-order valence-electron chi connectivity index (χ2n) is 5.98. The summed E-state index contributed by atoms with van der Waals surface area (Å²) >= 11 is 0. The number of carboxylic acids is 3. The summed E-state index contributed by atoms with van der Waals surface area (Å²) in [6.45, 7) is -1.06. The van der Waals surface area contributed by atoms with Crippen LogP contribution in [0.15, 0.2) is 15.9 Å². The lowest BCUT2D eigenvalue weighted by molar-refractivity contribution is -0.180. The van der Waals surface area contributed by atoms with Gasteiger partial charge < -0.3 is 25.0 Å². The summed E-state index contributed by atoms with van der Waals surface area (Å²) in [5, 5.41) is 37.6. The van der Waals surface area contributed by atoms with Crippen LogP contribution in [0.5, 0.6) is 0 Å². The van der Waals surface area contributed by atoms with Gasteiger partial charge in [0, 0.05) is 20.6 Å². The molecule has 0 saturated heterocycles. The fourth-order valence-corrected chi connectivity index (χ4v) is 2.75. The minimum atomic E-state index is -3.25. The molecule has 13 nitrogen and oxygen atoms in total. The Morgan fingerprint density at radius 2 is 1.78 bits per heavy atom. The van der Waals surface area contributed by atoms with E-state index in [0.717, 1.165) is 4.57 Å². The van der Waals surface area contributed by atoms with Crippen LogP contribution in [0.25, 0.3) is 11.2 Å². The second kappa shape index (κ2) is 6.68. The molecule has 0 aliphatic rings. The molecule has 0 fully saturated rings. The van der Waals surface area contributed by atoms with Gasteiger partial charge in [0.15, 0.2) is 16.8 Å². The van der Waals surface area contributed by atoms with Crippen molar-refractivity contribution in [2.75, 3.05) is 0 Å². The number of hydrogen-bond acceptors (Lipinski definition) is 7. The summed E-state index contributed by atoms with van der Waals surface area (Å²) < 4.78 is 2.66. The van der Waals surface area contributed by atoms with Crippen molar-refractivity contribution in [3.05, 3.63) is 27.2 Å². The number of hydrogen-bond donors (Lipinski definition) is 4. The van der Waals surface area contributed by atoms with E-state index in [9.17, 15) is 39.3 Å². The summed E-state index contributed by atoms with van der Waals surface area (Å²) in [5.41, 5.74) is -5.24. The van der Waals surface area contributed by atoms with Crippen LogP contribution in [0, 0.1) is 5.92 Å². The van der Waals surface area contributed by atoms with Gasteiger partial charge in [-0.25, -0.2) is 14.6 Å². The smallest absolute Gasteiger partial charge is 0.337 e. The number of nitrogens with zero attached hydrogens (tertiary/aromatic N) is 4. The largest absolute Gasteiger partial charge is 0.481 e. The molecule has 2 aromatic rings. The van der Waals surface area contributed by atoms with Crippen LogP contribution in [0.2, 0.25) is 0 Å². The van der Waals surface area contributed by atoms with Gasteiger partial charge in [-0.15, -0.1) is 0 Å². The third-order valence-corrected chi connectivity index (χ3v) is 4.23. The maximum absolute atomic E-state index is 12.6. The molecule has 0 saturated carbocycles. The van der Waals surface area contributed by atoms with Crippen molar-refractivity contribution < 1.29 is 34.8 Å². The lowest BCUT2D eigenvalue weighted by atomic mass is 9.84. The summed E-state index contributed by atoms with van der Waals surface area (Å²) in [4.78, 5) is 62.8. The lowest BCUT2D eigenvalue weighted by Crippen LogP contribution is -2.54. The van der Waals surface area contributed by atoms with E-state index in [1.54, 1.807) is 0 Å². The van der Waals surface area contributed by atoms with Crippen LogP contribution >= 0.6 is 0 Å². The first kappa shape index (κ1) is 19.8. The molecule has 0 aliphatic heterocycles. The van der Waals surface area contributed by atoms with Gasteiger partial charge in [-0.05, 0) is 0 Å². The van der Waals surface area contributed by atoms with Crippen molar-refractivity contribution in [2.24, 2.45) is 20.0 Å². The summed E-state index contributed by atoms with van der Waals surface area (Å²) in [5.74, 6) is -8.06. The Morgan fingerprint density at radius 3 is 2.26 bits per heavy atom. The number of imidazole rings is 1. The molecular formula is C14H16N4O9. The molecule has 2 atom stereocenters. The van der Waals surface area contributed by atoms with E-state index in [4.69, 9.17) is 5.11 Å². The molecule has 0 radical (unpaired) electrons. The third-order valence-electron chi connectivity index (χ3n) is 4.23. The topological polar surface area (TPSA) is 194 Å². The van der Waals surface area contributed by atoms with Gasteiger partial charge in [0.2, 0.25) is 0 Å². The predicted molar refractivity (Wildman–Crippen MR) is 86.2 cm³/mol. The molecule has 0 amide bonds. The zero-order chi connectivity index (χ0) is 20.7. The minimum Gasteiger partial charge on any atom is -0.481 e. The first-order valence-electron chi connectivity index (χ1n) is 7.43. The van der Waals surface area contributed by atoms with Gasteiger partial charge in [0.25, 0.3) is 5.56 Å². The Morgan fingerprint density at radius 1 is 1.19 bits per heavy atom. The second-order valence-corrected chi connectivity index (χ2v) is 5.98. The number of fused-ring (bicyclic) bond motifs is 1. The highest BCUT2D eigenvalue weighted by Gasteiger charge is 2.50. The molecule has 146 valence electrons. The van der Waals surface area contributed by atoms with E-state index in [0.29, 0.717) is 4.57 Å². The summed E-state index contributed by atoms with van der Waals surface area (Å²) in [6.07, 6.45) is -0.190. The molecule has 0 aromatic carbocycles. The first-order chi connectivity index (χ1) is 12.4. The molecule has 13 heteroatoms. The van der Waals surface area contributed by atoms with E-state index >= 15 is 0 Å². The van der Waals surface area contributed by atoms with E-state index < -0.39 is 53.6 Å². The number of aliphatic hydroxyl groups is 1. The maximum Gasteiger partial charge on any atom is 0.337 e. The summed E-state index contributed by atoms with van der Waals surface area (Å²) in [7, 11) is 2.72. The normalized spacial score (nSPS) is 14.6. The van der Waals surface area contributed by atoms with Crippen molar-refractivity contribution in [1.29, 1.82) is 0 Å². The Hall–Kier alpha value is -3.48. The highest BCUT2D eigenvalue weighted by atomic mass is 16.4. The highest BCUT2D eigenvalue weighted by Crippen LogP contribution is 2.24. The molecule has 4 N–H and O–H groups in total. The monoisotopic (exact) mass is 384 g/mol. The first-order valence-corrected chi connectivity index (χ1v) is 7.43. The number of carboxylic acid groups (broad SMARTS) is 3. The molecule has 2 heterocycles. The van der Waals surface area contributed by atoms with Crippen LogP contribution < -0.4 is 11.2 Å². The number of aromatic nitrogens is 4. The average molecular weight is 384 g/mol. The SMILES string of the molecule is Cn1cnc2c1c(=O)n(CC(C(=O)O)C(O)(CC(=O)O)C(=O)O)c(=O)n2C. The van der Waals surface area contributed by atoms with Crippen LogP contribution in [0.4, 0.5) is 0 Å². The van der Waals surface area contributed by atoms with Gasteiger partial charge in [0.1, 0.15) is 5.92 Å². The molecule has 27 heavy (non-hydrogen) atoms. The van der Waals surface area contributed by atoms with Crippen molar-refractivity contribution in [1.82, 2.24) is 18.7 Å². The molecular weight excluding hydrogens is 368 g/mol. The van der Waals surface area contributed by atoms with Crippen molar-refractivity contribution >= 4 is 29.1 Å². The fourth-order valence-electron chi connectivity index (χ4n) is 2.75. The van der Waals surface area contributed by atoms with Crippen molar-refractivity contribution in [2.45, 2.75) is 18.6 Å². The Labute approximate surface area is 149 Å². The van der Waals surface area contributed by atoms with Crippen molar-refractivity contribution in [3.63, 3.8) is 0 Å². The minimum absolute atomic E-state index is 0.0228. The standard InChI is InChI=1S/C14H16N4O9/c1-16-5-15-9-8(16)10(21)18(13(26)17(9)2)4-6(11(22)23)14(27,12(24)25)3-7(19)20/h5-6,27H,3-4H2,1-2H3,(H,19,20)(H,22,23)(H,24,25). The Balaban J connectivity index is 2.71. The van der Waals surface area contributed by atoms with E-state index in [-0.39, 0.29) is 11.2 Å². The van der Waals surface area contributed by atoms with Crippen LogP contribution in [-0.4, -0.2) is 62.6 Å². The van der Waals surface area contributed by atoms with Gasteiger partial charge in [0.05, 0.1) is 12.7 Å². The molecule has 2 unspecified atom stereocenters. The van der Waals surface area contributed by atoms with Gasteiger partial charge >= 0.3 is 23.6 Å². The molecule has 0 aliphatic carbocycles. The number of aliphatic carboxylic acids is 3. The maximum atomic E-state index is 12.6. The quantitative estimate of drug-likeness (QED) is 0.394.